The average Bonchev–Trinajstić information content (AvgIpc) is 2.35. The van der Waals surface area contributed by atoms with Gasteiger partial charge in [0.2, 0.25) is 0 Å². The van der Waals surface area contributed by atoms with Crippen LogP contribution in [0.4, 0.5) is 0 Å². The minimum atomic E-state index is -0.115. The summed E-state index contributed by atoms with van der Waals surface area (Å²) in [7, 11) is 1.50. The van der Waals surface area contributed by atoms with Gasteiger partial charge in [0.15, 0.2) is 0 Å². The summed E-state index contributed by atoms with van der Waals surface area (Å²) in [6.45, 7) is -0.115. The molecule has 0 bridgehead atoms. The third-order valence-electron chi connectivity index (χ3n) is 2.03. The van der Waals surface area contributed by atoms with Crippen LogP contribution in [-0.2, 0) is 6.61 Å². The van der Waals surface area contributed by atoms with Gasteiger partial charge in [-0.3, -0.25) is 0 Å². The lowest BCUT2D eigenvalue weighted by Crippen LogP contribution is -1.92. The molecule has 0 saturated carbocycles. The fourth-order valence-electron chi connectivity index (χ4n) is 1.24. The normalized spacial score (nSPS) is 8.75. The zero-order valence-electron chi connectivity index (χ0n) is 8.77. The van der Waals surface area contributed by atoms with Crippen LogP contribution in [0.15, 0.2) is 23.8 Å². The molecule has 0 unspecified atom stereocenters. The molecule has 0 aliphatic rings. The Hall–Kier alpha value is -2.30. The molecule has 0 amide bonds. The average molecular weight is 214 g/mol. The van der Waals surface area contributed by atoms with E-state index in [0.717, 1.165) is 0 Å². The van der Waals surface area contributed by atoms with Crippen LogP contribution in [0.3, 0.4) is 0 Å². The molecule has 1 rings (SSSR count). The van der Waals surface area contributed by atoms with Crippen molar-refractivity contribution in [2.45, 2.75) is 6.61 Å². The number of hydrogen-bond donors (Lipinski definition) is 1. The molecule has 0 aliphatic heterocycles. The predicted molar refractivity (Wildman–Crippen MR) is 58.1 cm³/mol. The number of allylic oxidation sites excluding steroid dienone is 1. The Kier molecular flexibility index (Phi) is 4.08. The lowest BCUT2D eigenvalue weighted by atomic mass is 10.1. The second-order valence-electron chi connectivity index (χ2n) is 3.01. The van der Waals surface area contributed by atoms with Crippen molar-refractivity contribution < 1.29 is 9.84 Å². The molecule has 4 nitrogen and oxygen atoms in total. The van der Waals surface area contributed by atoms with E-state index in [0.29, 0.717) is 16.9 Å². The highest BCUT2D eigenvalue weighted by molar-refractivity contribution is 5.63. The maximum absolute atomic E-state index is 9.01. The van der Waals surface area contributed by atoms with Crippen LogP contribution in [0.1, 0.15) is 11.1 Å². The lowest BCUT2D eigenvalue weighted by molar-refractivity contribution is 0.274. The Morgan fingerprint density at radius 2 is 2.12 bits per heavy atom. The topological polar surface area (TPSA) is 77.0 Å². The lowest BCUT2D eigenvalue weighted by Gasteiger charge is -2.06. The van der Waals surface area contributed by atoms with Crippen molar-refractivity contribution >= 4 is 6.08 Å². The van der Waals surface area contributed by atoms with Gasteiger partial charge in [-0.05, 0) is 17.7 Å². The van der Waals surface area contributed by atoms with Crippen LogP contribution < -0.4 is 4.74 Å². The molecule has 0 saturated heterocycles. The van der Waals surface area contributed by atoms with Crippen molar-refractivity contribution in [3.63, 3.8) is 0 Å². The van der Waals surface area contributed by atoms with E-state index in [-0.39, 0.29) is 12.2 Å². The van der Waals surface area contributed by atoms with E-state index in [2.05, 4.69) is 0 Å². The maximum atomic E-state index is 9.01. The first-order valence-electron chi connectivity index (χ1n) is 4.54. The van der Waals surface area contributed by atoms with Crippen molar-refractivity contribution in [1.82, 2.24) is 0 Å². The van der Waals surface area contributed by atoms with Crippen LogP contribution >= 0.6 is 0 Å². The quantitative estimate of drug-likeness (QED) is 0.775. The van der Waals surface area contributed by atoms with Crippen LogP contribution in [-0.4, -0.2) is 12.2 Å². The number of hydrogen-bond acceptors (Lipinski definition) is 4. The predicted octanol–water partition coefficient (Wildman–Crippen LogP) is 1.62. The van der Waals surface area contributed by atoms with Crippen molar-refractivity contribution in [2.24, 2.45) is 0 Å². The van der Waals surface area contributed by atoms with Gasteiger partial charge >= 0.3 is 0 Å². The number of rotatable bonds is 3. The minimum Gasteiger partial charge on any atom is -0.496 e. The molecule has 80 valence electrons. The fraction of sp³-hybridized carbons (Fsp3) is 0.167. The number of methoxy groups -OCH3 is 1. The van der Waals surface area contributed by atoms with E-state index in [1.807, 2.05) is 0 Å². The summed E-state index contributed by atoms with van der Waals surface area (Å²) in [6.07, 6.45) is 1.46. The molecule has 0 atom stereocenters. The number of nitriles is 2. The fourth-order valence-corrected chi connectivity index (χ4v) is 1.24. The second kappa shape index (κ2) is 5.55. The first-order chi connectivity index (χ1) is 7.74. The molecule has 0 fully saturated rings. The summed E-state index contributed by atoms with van der Waals surface area (Å²) in [4.78, 5) is 0. The Balaban J connectivity index is 3.15. The maximum Gasteiger partial charge on any atom is 0.130 e. The minimum absolute atomic E-state index is 0.0267. The van der Waals surface area contributed by atoms with E-state index in [9.17, 15) is 0 Å². The summed E-state index contributed by atoms with van der Waals surface area (Å²) in [5.74, 6) is 0.534. The standard InChI is InChI=1S/C12H10N2O2/c1-16-12-5-9(2-3-11(12)8-15)4-10(6-13)7-14/h2-5,15H,8H2,1H3. The van der Waals surface area contributed by atoms with Crippen LogP contribution in [0.2, 0.25) is 0 Å². The Morgan fingerprint density at radius 1 is 1.44 bits per heavy atom. The highest BCUT2D eigenvalue weighted by Gasteiger charge is 2.02. The van der Waals surface area contributed by atoms with E-state index in [1.54, 1.807) is 30.3 Å². The highest BCUT2D eigenvalue weighted by Crippen LogP contribution is 2.21. The number of aliphatic hydroxyl groups is 1. The Bertz CT molecular complexity index is 477. The molecule has 1 N–H and O–H groups in total. The summed E-state index contributed by atoms with van der Waals surface area (Å²) < 4.78 is 5.07. The molecule has 0 radical (unpaired) electrons. The van der Waals surface area contributed by atoms with Gasteiger partial charge in [0.05, 0.1) is 13.7 Å². The Morgan fingerprint density at radius 3 is 2.62 bits per heavy atom. The number of aliphatic hydroxyl groups excluding tert-OH is 1. The number of nitrogens with zero attached hydrogens (tertiary/aromatic N) is 2. The second-order valence-corrected chi connectivity index (χ2v) is 3.01. The van der Waals surface area contributed by atoms with Gasteiger partial charge in [-0.2, -0.15) is 10.5 Å². The molecule has 1 aromatic rings. The van der Waals surface area contributed by atoms with Crippen molar-refractivity contribution in [3.05, 3.63) is 34.9 Å². The van der Waals surface area contributed by atoms with Crippen LogP contribution in [0.5, 0.6) is 5.75 Å². The SMILES string of the molecule is COc1cc(C=C(C#N)C#N)ccc1CO. The summed E-state index contributed by atoms with van der Waals surface area (Å²) in [5.41, 5.74) is 1.38. The van der Waals surface area contributed by atoms with Gasteiger partial charge in [0.25, 0.3) is 0 Å². The summed E-state index contributed by atoms with van der Waals surface area (Å²) >= 11 is 0. The number of ether oxygens (including phenoxy) is 1. The van der Waals surface area contributed by atoms with Gasteiger partial charge in [0, 0.05) is 5.56 Å². The van der Waals surface area contributed by atoms with E-state index in [4.69, 9.17) is 20.4 Å². The third kappa shape index (κ3) is 2.60. The summed E-state index contributed by atoms with van der Waals surface area (Å²) in [5, 5.41) is 26.2. The largest absolute Gasteiger partial charge is 0.496 e. The van der Waals surface area contributed by atoms with E-state index < -0.39 is 0 Å². The number of benzene rings is 1. The molecule has 0 heterocycles. The smallest absolute Gasteiger partial charge is 0.130 e. The third-order valence-corrected chi connectivity index (χ3v) is 2.03. The van der Waals surface area contributed by atoms with Crippen molar-refractivity contribution in [3.8, 4) is 17.9 Å². The molecular formula is C12H10N2O2. The van der Waals surface area contributed by atoms with E-state index >= 15 is 0 Å². The molecule has 0 aromatic heterocycles. The van der Waals surface area contributed by atoms with Crippen molar-refractivity contribution in [1.29, 1.82) is 10.5 Å². The molecule has 16 heavy (non-hydrogen) atoms. The zero-order chi connectivity index (χ0) is 12.0. The van der Waals surface area contributed by atoms with Gasteiger partial charge < -0.3 is 9.84 Å². The molecule has 0 aliphatic carbocycles. The van der Waals surface area contributed by atoms with Gasteiger partial charge in [-0.15, -0.1) is 0 Å². The monoisotopic (exact) mass is 214 g/mol. The van der Waals surface area contributed by atoms with Crippen LogP contribution in [0.25, 0.3) is 6.08 Å². The van der Waals surface area contributed by atoms with Gasteiger partial charge in [0.1, 0.15) is 23.5 Å². The zero-order valence-corrected chi connectivity index (χ0v) is 8.77. The van der Waals surface area contributed by atoms with Gasteiger partial charge in [-0.1, -0.05) is 12.1 Å². The molecule has 4 heteroatoms. The Labute approximate surface area is 93.6 Å². The molecule has 1 aromatic carbocycles. The first kappa shape index (κ1) is 11.8. The molecular weight excluding hydrogens is 204 g/mol. The summed E-state index contributed by atoms with van der Waals surface area (Å²) in [6, 6.07) is 8.62. The van der Waals surface area contributed by atoms with Crippen molar-refractivity contribution in [2.75, 3.05) is 7.11 Å². The van der Waals surface area contributed by atoms with E-state index in [1.165, 1.54) is 13.2 Å². The molecule has 0 spiro atoms. The highest BCUT2D eigenvalue weighted by atomic mass is 16.5. The van der Waals surface area contributed by atoms with Crippen LogP contribution in [0, 0.1) is 22.7 Å². The first-order valence-corrected chi connectivity index (χ1v) is 4.54. The van der Waals surface area contributed by atoms with Gasteiger partial charge in [-0.25, -0.2) is 0 Å².